The molecule has 0 radical (unpaired) electrons. The van der Waals surface area contributed by atoms with Gasteiger partial charge in [0.2, 0.25) is 0 Å². The summed E-state index contributed by atoms with van der Waals surface area (Å²) >= 11 is 2.69. The Morgan fingerprint density at radius 3 is 2.43 bits per heavy atom. The smallest absolute Gasteiger partial charge is 0.188 e. The normalized spacial score (nSPS) is 49.4. The molecule has 0 bridgehead atoms. The minimum absolute atomic E-state index is 0.0764. The fourth-order valence-corrected chi connectivity index (χ4v) is 11.4. The van der Waals surface area contributed by atoms with E-state index in [1.165, 1.54) is 12.8 Å². The highest BCUT2D eigenvalue weighted by atomic mass is 127. The van der Waals surface area contributed by atoms with E-state index in [9.17, 15) is 14.7 Å². The molecule has 30 heavy (non-hydrogen) atoms. The number of ketones is 1. The second-order valence-corrected chi connectivity index (χ2v) is 19.3. The first-order valence-electron chi connectivity index (χ1n) is 12.3. The van der Waals surface area contributed by atoms with Crippen LogP contribution < -0.4 is 0 Å². The molecule has 2 N–H and O–H groups in total. The summed E-state index contributed by atoms with van der Waals surface area (Å²) in [6.07, 6.45) is 8.96. The molecule has 3 unspecified atom stereocenters. The Hall–Kier alpha value is 0.537. The number of hydrogen-bond donors (Lipinski definition) is 2. The molecule has 8 atom stereocenters. The maximum absolute atomic E-state index is 12.8. The zero-order chi connectivity index (χ0) is 22.3. The third-order valence-corrected chi connectivity index (χ3v) is 15.6. The number of carbonyl (C=O) groups excluding carboxylic acids is 1. The number of rotatable bonds is 3. The summed E-state index contributed by atoms with van der Waals surface area (Å²) in [5, 5.41) is 11.5. The van der Waals surface area contributed by atoms with Crippen molar-refractivity contribution in [2.24, 2.45) is 34.5 Å². The van der Waals surface area contributed by atoms with Crippen LogP contribution in [0.4, 0.5) is 0 Å². The van der Waals surface area contributed by atoms with Crippen LogP contribution in [0.25, 0.3) is 0 Å². The lowest BCUT2D eigenvalue weighted by Gasteiger charge is -2.63. The van der Waals surface area contributed by atoms with Crippen LogP contribution in [-0.2, 0) is 4.79 Å². The third-order valence-electron chi connectivity index (χ3n) is 10.8. The zero-order valence-corrected chi connectivity index (χ0v) is 23.1. The Kier molecular flexibility index (Phi) is 5.74. The van der Waals surface area contributed by atoms with E-state index >= 15 is 0 Å². The molecule has 4 aliphatic rings. The summed E-state index contributed by atoms with van der Waals surface area (Å²) in [6.45, 7) is 13.1. The van der Waals surface area contributed by atoms with E-state index in [2.05, 4.69) is 50.3 Å². The Bertz CT molecular complexity index is 718. The van der Waals surface area contributed by atoms with Crippen LogP contribution in [0.5, 0.6) is 0 Å². The lowest BCUT2D eigenvalue weighted by atomic mass is 9.44. The maximum Gasteiger partial charge on any atom is 0.188 e. The van der Waals surface area contributed by atoms with E-state index < -0.39 is 13.9 Å². The summed E-state index contributed by atoms with van der Waals surface area (Å²) in [5.41, 5.74) is -0.432. The standard InChI is InChI=1S/C25H43IO3Si/c1-22(2,30(5,6)29)15-25(28)12-11-23(3)16(13-25)7-8-17-18-9-10-20(27)24(18,4)14-19(26)21(17)23/h16-19,21,28-29H,7-15H2,1-6H3/t16-,17?,18?,19-,21?,23-,24-,25-/m0/s1. The largest absolute Gasteiger partial charge is 0.432 e. The van der Waals surface area contributed by atoms with Crippen molar-refractivity contribution in [2.75, 3.05) is 0 Å². The van der Waals surface area contributed by atoms with Gasteiger partial charge < -0.3 is 9.90 Å². The summed E-state index contributed by atoms with van der Waals surface area (Å²) in [7, 11) is -2.34. The Labute approximate surface area is 198 Å². The summed E-state index contributed by atoms with van der Waals surface area (Å²) in [6, 6.07) is 0. The van der Waals surface area contributed by atoms with Crippen molar-refractivity contribution >= 4 is 36.7 Å². The fourth-order valence-electron chi connectivity index (χ4n) is 8.35. The number of halogens is 1. The monoisotopic (exact) mass is 546 g/mol. The number of fused-ring (bicyclic) bond motifs is 5. The number of hydrogen-bond acceptors (Lipinski definition) is 3. The van der Waals surface area contributed by atoms with Crippen LogP contribution in [0, 0.1) is 34.5 Å². The van der Waals surface area contributed by atoms with Gasteiger partial charge in [0.25, 0.3) is 0 Å². The molecule has 0 aromatic rings. The van der Waals surface area contributed by atoms with Crippen molar-refractivity contribution in [3.63, 3.8) is 0 Å². The van der Waals surface area contributed by atoms with Crippen molar-refractivity contribution in [1.82, 2.24) is 0 Å². The SMILES string of the molecule is CC(C)(C[C@]1(O)CC[C@]2(C)C3C(CC[C@H]2C1)C1CCC(=O)[C@@]1(C)C[C@@H]3I)[Si](C)(C)O. The second-order valence-electron chi connectivity index (χ2n) is 13.2. The number of alkyl halides is 1. The molecule has 0 aliphatic heterocycles. The Balaban J connectivity index is 1.57. The highest BCUT2D eigenvalue weighted by molar-refractivity contribution is 14.1. The van der Waals surface area contributed by atoms with E-state index in [4.69, 9.17) is 0 Å². The first-order chi connectivity index (χ1) is 13.6. The minimum Gasteiger partial charge on any atom is -0.432 e. The average Bonchev–Trinajstić information content (AvgIpc) is 2.88. The number of carbonyl (C=O) groups is 1. The maximum atomic E-state index is 12.8. The van der Waals surface area contributed by atoms with E-state index in [1.54, 1.807) is 0 Å². The van der Waals surface area contributed by atoms with Gasteiger partial charge in [-0.3, -0.25) is 4.79 Å². The predicted molar refractivity (Wildman–Crippen MR) is 133 cm³/mol. The third kappa shape index (κ3) is 3.51. The van der Waals surface area contributed by atoms with Gasteiger partial charge in [0.05, 0.1) is 5.60 Å². The molecule has 0 saturated heterocycles. The van der Waals surface area contributed by atoms with Crippen molar-refractivity contribution in [2.45, 2.75) is 113 Å². The van der Waals surface area contributed by atoms with Crippen LogP contribution in [0.2, 0.25) is 18.1 Å². The van der Waals surface area contributed by atoms with E-state index in [0.717, 1.165) is 44.9 Å². The van der Waals surface area contributed by atoms with Gasteiger partial charge in [-0.25, -0.2) is 0 Å². The highest BCUT2D eigenvalue weighted by Crippen LogP contribution is 2.68. The highest BCUT2D eigenvalue weighted by Gasteiger charge is 2.64. The molecule has 0 aromatic carbocycles. The molecule has 3 nitrogen and oxygen atoms in total. The van der Waals surface area contributed by atoms with Gasteiger partial charge in [-0.1, -0.05) is 50.3 Å². The zero-order valence-electron chi connectivity index (χ0n) is 19.9. The van der Waals surface area contributed by atoms with Crippen molar-refractivity contribution in [3.05, 3.63) is 0 Å². The topological polar surface area (TPSA) is 57.5 Å². The molecule has 0 spiro atoms. The van der Waals surface area contributed by atoms with Crippen LogP contribution in [-0.4, -0.2) is 33.5 Å². The number of Topliss-reactive ketones (excluding diaryl/α,β-unsaturated/α-hetero) is 1. The molecule has 172 valence electrons. The van der Waals surface area contributed by atoms with Crippen LogP contribution in [0.3, 0.4) is 0 Å². The van der Waals surface area contributed by atoms with Crippen LogP contribution >= 0.6 is 22.6 Å². The van der Waals surface area contributed by atoms with Gasteiger partial charge in [0.1, 0.15) is 5.78 Å². The first-order valence-corrected chi connectivity index (χ1v) is 16.4. The molecular weight excluding hydrogens is 503 g/mol. The minimum atomic E-state index is -2.34. The fraction of sp³-hybridized carbons (Fsp3) is 0.960. The van der Waals surface area contributed by atoms with Crippen LogP contribution in [0.15, 0.2) is 0 Å². The van der Waals surface area contributed by atoms with Gasteiger partial charge in [0.15, 0.2) is 8.32 Å². The van der Waals surface area contributed by atoms with E-state index in [1.807, 2.05) is 13.1 Å². The van der Waals surface area contributed by atoms with E-state index in [-0.39, 0.29) is 15.9 Å². The molecule has 4 fully saturated rings. The molecular formula is C25H43IO3Si. The Morgan fingerprint density at radius 1 is 1.13 bits per heavy atom. The molecule has 0 heterocycles. The van der Waals surface area contributed by atoms with Gasteiger partial charge >= 0.3 is 0 Å². The molecule has 4 rings (SSSR count). The lowest BCUT2D eigenvalue weighted by Crippen LogP contribution is -2.59. The van der Waals surface area contributed by atoms with Gasteiger partial charge in [-0.05, 0) is 98.6 Å². The molecule has 4 aliphatic carbocycles. The molecule has 0 aromatic heterocycles. The van der Waals surface area contributed by atoms with Crippen molar-refractivity contribution in [1.29, 1.82) is 0 Å². The summed E-state index contributed by atoms with van der Waals surface area (Å²) in [5.74, 6) is 3.04. The molecule has 0 amide bonds. The van der Waals surface area contributed by atoms with Gasteiger partial charge in [0, 0.05) is 15.8 Å². The molecule has 5 heteroatoms. The predicted octanol–water partition coefficient (Wildman–Crippen LogP) is 6.11. The van der Waals surface area contributed by atoms with Gasteiger partial charge in [-0.2, -0.15) is 0 Å². The van der Waals surface area contributed by atoms with Gasteiger partial charge in [-0.15, -0.1) is 0 Å². The lowest BCUT2D eigenvalue weighted by molar-refractivity contribution is -0.153. The quantitative estimate of drug-likeness (QED) is 0.255. The van der Waals surface area contributed by atoms with Crippen molar-refractivity contribution in [3.8, 4) is 0 Å². The summed E-state index contributed by atoms with van der Waals surface area (Å²) in [4.78, 5) is 23.6. The first kappa shape index (κ1) is 23.7. The van der Waals surface area contributed by atoms with Crippen molar-refractivity contribution < 1.29 is 14.7 Å². The average molecular weight is 547 g/mol. The van der Waals surface area contributed by atoms with E-state index in [0.29, 0.717) is 33.4 Å². The van der Waals surface area contributed by atoms with Crippen LogP contribution in [0.1, 0.15) is 85.5 Å². The second kappa shape index (κ2) is 7.27. The number of aliphatic hydroxyl groups is 1. The Morgan fingerprint density at radius 2 is 1.80 bits per heavy atom. The summed E-state index contributed by atoms with van der Waals surface area (Å²) < 4.78 is 0.565. The molecule has 4 saturated carbocycles.